The lowest BCUT2D eigenvalue weighted by molar-refractivity contribution is -0.384. The summed E-state index contributed by atoms with van der Waals surface area (Å²) in [6.45, 7) is 8.95. The number of aromatic nitrogens is 2. The topological polar surface area (TPSA) is 104 Å². The molecule has 1 heterocycles. The van der Waals surface area contributed by atoms with Gasteiger partial charge in [0.25, 0.3) is 5.69 Å². The molecule has 2 aromatic rings. The Morgan fingerprint density at radius 1 is 1.25 bits per heavy atom. The van der Waals surface area contributed by atoms with Crippen molar-refractivity contribution < 1.29 is 17.5 Å². The van der Waals surface area contributed by atoms with E-state index in [0.717, 1.165) is 6.07 Å². The molecule has 0 bridgehead atoms. The standard InChI is InChI=1S/C15H19N3O5S/c1-10-14(11(2)17(16-10)15(3,4)5)24(21,22)23-13-8-6-7-12(9-13)18(19)20/h6-9H,1-5H3. The van der Waals surface area contributed by atoms with Crippen molar-refractivity contribution in [3.63, 3.8) is 0 Å². The normalized spacial score (nSPS) is 12.2. The lowest BCUT2D eigenvalue weighted by Gasteiger charge is -2.21. The van der Waals surface area contributed by atoms with Gasteiger partial charge in [-0.25, -0.2) is 0 Å². The Kier molecular flexibility index (Phi) is 4.40. The molecular weight excluding hydrogens is 334 g/mol. The number of nitro groups is 1. The monoisotopic (exact) mass is 353 g/mol. The molecule has 0 spiro atoms. The molecule has 1 aromatic carbocycles. The van der Waals surface area contributed by atoms with Crippen LogP contribution in [0.3, 0.4) is 0 Å². The summed E-state index contributed by atoms with van der Waals surface area (Å²) in [6, 6.07) is 5.04. The summed E-state index contributed by atoms with van der Waals surface area (Å²) < 4.78 is 31.9. The summed E-state index contributed by atoms with van der Waals surface area (Å²) in [5, 5.41) is 15.1. The van der Waals surface area contributed by atoms with Gasteiger partial charge in [0.2, 0.25) is 0 Å². The van der Waals surface area contributed by atoms with Gasteiger partial charge in [-0.3, -0.25) is 14.8 Å². The van der Waals surface area contributed by atoms with E-state index in [1.807, 2.05) is 20.8 Å². The van der Waals surface area contributed by atoms with Gasteiger partial charge < -0.3 is 4.18 Å². The van der Waals surface area contributed by atoms with E-state index in [4.69, 9.17) is 4.18 Å². The maximum absolute atomic E-state index is 12.6. The van der Waals surface area contributed by atoms with Crippen LogP contribution in [0.4, 0.5) is 5.69 Å². The van der Waals surface area contributed by atoms with Gasteiger partial charge in [-0.15, -0.1) is 0 Å². The lowest BCUT2D eigenvalue weighted by Crippen LogP contribution is -2.24. The van der Waals surface area contributed by atoms with E-state index in [2.05, 4.69) is 5.10 Å². The Morgan fingerprint density at radius 2 is 1.88 bits per heavy atom. The van der Waals surface area contributed by atoms with Crippen LogP contribution in [0.1, 0.15) is 32.2 Å². The van der Waals surface area contributed by atoms with E-state index in [1.54, 1.807) is 18.5 Å². The second kappa shape index (κ2) is 5.90. The first-order valence-electron chi connectivity index (χ1n) is 7.19. The molecule has 0 atom stereocenters. The number of hydrogen-bond acceptors (Lipinski definition) is 6. The molecule has 0 N–H and O–H groups in total. The Hall–Kier alpha value is -2.42. The third-order valence-corrected chi connectivity index (χ3v) is 4.85. The van der Waals surface area contributed by atoms with Crippen LogP contribution in [0.25, 0.3) is 0 Å². The van der Waals surface area contributed by atoms with E-state index >= 15 is 0 Å². The molecule has 24 heavy (non-hydrogen) atoms. The highest BCUT2D eigenvalue weighted by Gasteiger charge is 2.30. The van der Waals surface area contributed by atoms with Crippen molar-refractivity contribution in [1.82, 2.24) is 9.78 Å². The molecule has 1 aromatic heterocycles. The SMILES string of the molecule is Cc1nn(C(C)(C)C)c(C)c1S(=O)(=O)Oc1cccc([N+](=O)[O-])c1. The van der Waals surface area contributed by atoms with Gasteiger partial charge in [0, 0.05) is 6.07 Å². The highest BCUT2D eigenvalue weighted by Crippen LogP contribution is 2.28. The average Bonchev–Trinajstić information content (AvgIpc) is 2.74. The average molecular weight is 353 g/mol. The molecule has 0 saturated heterocycles. The van der Waals surface area contributed by atoms with Crippen molar-refractivity contribution in [1.29, 1.82) is 0 Å². The van der Waals surface area contributed by atoms with E-state index < -0.39 is 20.6 Å². The number of non-ortho nitro benzene ring substituents is 1. The van der Waals surface area contributed by atoms with Crippen LogP contribution in [-0.2, 0) is 15.7 Å². The maximum Gasteiger partial charge on any atom is 0.342 e. The molecule has 9 heteroatoms. The predicted molar refractivity (Wildman–Crippen MR) is 87.6 cm³/mol. The second-order valence-electron chi connectivity index (χ2n) is 6.37. The fourth-order valence-corrected chi connectivity index (χ4v) is 3.75. The number of nitro benzene ring substituents is 1. The molecular formula is C15H19N3O5S. The number of aryl methyl sites for hydroxylation is 1. The fourth-order valence-electron chi connectivity index (χ4n) is 2.46. The van der Waals surface area contributed by atoms with Crippen LogP contribution in [0, 0.1) is 24.0 Å². The summed E-state index contributed by atoms with van der Waals surface area (Å²) in [7, 11) is -4.16. The summed E-state index contributed by atoms with van der Waals surface area (Å²) in [4.78, 5) is 10.2. The van der Waals surface area contributed by atoms with E-state index in [-0.39, 0.29) is 16.3 Å². The number of benzene rings is 1. The van der Waals surface area contributed by atoms with Gasteiger partial charge in [0.05, 0.1) is 27.9 Å². The Morgan fingerprint density at radius 3 is 2.38 bits per heavy atom. The first kappa shape index (κ1) is 17.9. The maximum atomic E-state index is 12.6. The first-order valence-corrected chi connectivity index (χ1v) is 8.60. The molecule has 0 fully saturated rings. The number of hydrogen-bond donors (Lipinski definition) is 0. The largest absolute Gasteiger partial charge is 0.379 e. The zero-order valence-electron chi connectivity index (χ0n) is 14.1. The predicted octanol–water partition coefficient (Wildman–Crippen LogP) is 2.93. The molecule has 0 aliphatic rings. The molecule has 0 unspecified atom stereocenters. The third-order valence-electron chi connectivity index (χ3n) is 3.34. The van der Waals surface area contributed by atoms with Gasteiger partial charge in [-0.05, 0) is 40.7 Å². The molecule has 0 amide bonds. The highest BCUT2D eigenvalue weighted by molar-refractivity contribution is 7.87. The van der Waals surface area contributed by atoms with E-state index in [0.29, 0.717) is 11.4 Å². The summed E-state index contributed by atoms with van der Waals surface area (Å²) in [6.07, 6.45) is 0. The van der Waals surface area contributed by atoms with Crippen molar-refractivity contribution in [3.05, 3.63) is 45.8 Å². The van der Waals surface area contributed by atoms with Gasteiger partial charge in [-0.2, -0.15) is 13.5 Å². The van der Waals surface area contributed by atoms with E-state index in [1.165, 1.54) is 18.2 Å². The highest BCUT2D eigenvalue weighted by atomic mass is 32.2. The van der Waals surface area contributed by atoms with Crippen LogP contribution in [0.5, 0.6) is 5.75 Å². The van der Waals surface area contributed by atoms with Crippen molar-refractivity contribution in [3.8, 4) is 5.75 Å². The summed E-state index contributed by atoms with van der Waals surface area (Å²) >= 11 is 0. The summed E-state index contributed by atoms with van der Waals surface area (Å²) in [5.74, 6) is -0.119. The van der Waals surface area contributed by atoms with Crippen LogP contribution in [0.15, 0.2) is 29.2 Å². The molecule has 0 aliphatic carbocycles. The van der Waals surface area contributed by atoms with E-state index in [9.17, 15) is 18.5 Å². The van der Waals surface area contributed by atoms with Crippen molar-refractivity contribution in [2.45, 2.75) is 45.1 Å². The smallest absolute Gasteiger partial charge is 0.342 e. The summed E-state index contributed by atoms with van der Waals surface area (Å²) in [5.41, 5.74) is 0.119. The van der Waals surface area contributed by atoms with Gasteiger partial charge in [0.15, 0.2) is 0 Å². The Labute approximate surface area is 140 Å². The molecule has 2 rings (SSSR count). The lowest BCUT2D eigenvalue weighted by atomic mass is 10.1. The zero-order valence-corrected chi connectivity index (χ0v) is 14.9. The zero-order chi connectivity index (χ0) is 18.3. The Bertz CT molecular complexity index is 894. The van der Waals surface area contributed by atoms with Gasteiger partial charge in [-0.1, -0.05) is 6.07 Å². The fraction of sp³-hybridized carbons (Fsp3) is 0.400. The third kappa shape index (κ3) is 3.40. The van der Waals surface area contributed by atoms with Crippen LogP contribution >= 0.6 is 0 Å². The Balaban J connectivity index is 2.47. The minimum Gasteiger partial charge on any atom is -0.379 e. The van der Waals surface area contributed by atoms with Crippen LogP contribution < -0.4 is 4.18 Å². The van der Waals surface area contributed by atoms with Gasteiger partial charge in [0.1, 0.15) is 10.6 Å². The van der Waals surface area contributed by atoms with Gasteiger partial charge >= 0.3 is 10.1 Å². The minimum atomic E-state index is -4.16. The quantitative estimate of drug-likeness (QED) is 0.475. The van der Waals surface area contributed by atoms with Crippen molar-refractivity contribution in [2.75, 3.05) is 0 Å². The molecule has 0 aliphatic heterocycles. The van der Waals surface area contributed by atoms with Crippen molar-refractivity contribution >= 4 is 15.8 Å². The molecule has 0 saturated carbocycles. The molecule has 0 radical (unpaired) electrons. The number of nitrogens with zero attached hydrogens (tertiary/aromatic N) is 3. The molecule has 8 nitrogen and oxygen atoms in total. The first-order chi connectivity index (χ1) is 10.9. The second-order valence-corrected chi connectivity index (χ2v) is 7.86. The minimum absolute atomic E-state index is 0.0241. The number of rotatable bonds is 4. The molecule has 130 valence electrons. The van der Waals surface area contributed by atoms with Crippen LogP contribution in [0.2, 0.25) is 0 Å². The van der Waals surface area contributed by atoms with Crippen LogP contribution in [-0.4, -0.2) is 23.1 Å². The van der Waals surface area contributed by atoms with Crippen molar-refractivity contribution in [2.24, 2.45) is 0 Å².